The summed E-state index contributed by atoms with van der Waals surface area (Å²) in [5.74, 6) is -0.0596. The molecule has 1 aromatic carbocycles. The third-order valence-electron chi connectivity index (χ3n) is 3.73. The van der Waals surface area contributed by atoms with Crippen LogP contribution in [-0.4, -0.2) is 62.3 Å². The quantitative estimate of drug-likeness (QED) is 0.844. The van der Waals surface area contributed by atoms with Gasteiger partial charge in [0.25, 0.3) is 5.91 Å². The van der Waals surface area contributed by atoms with Crippen LogP contribution in [0.2, 0.25) is 0 Å². The van der Waals surface area contributed by atoms with Gasteiger partial charge in [-0.05, 0) is 37.2 Å². The molecule has 110 valence electrons. The van der Waals surface area contributed by atoms with E-state index in [2.05, 4.69) is 5.32 Å². The van der Waals surface area contributed by atoms with Crippen molar-refractivity contribution in [2.24, 2.45) is 0 Å². The summed E-state index contributed by atoms with van der Waals surface area (Å²) >= 11 is 0. The van der Waals surface area contributed by atoms with Crippen molar-refractivity contribution >= 4 is 11.6 Å². The van der Waals surface area contributed by atoms with E-state index in [1.165, 1.54) is 0 Å². The zero-order chi connectivity index (χ0) is 14.8. The molecular weight excluding hydrogens is 254 g/mol. The molecule has 0 aromatic heterocycles. The molecule has 0 aliphatic carbocycles. The van der Waals surface area contributed by atoms with Gasteiger partial charge in [-0.1, -0.05) is 0 Å². The van der Waals surface area contributed by atoms with Gasteiger partial charge >= 0.3 is 0 Å². The van der Waals surface area contributed by atoms with E-state index in [1.807, 2.05) is 43.3 Å². The number of hydrogen-bond acceptors (Lipinski definition) is 4. The molecule has 2 N–H and O–H groups in total. The van der Waals surface area contributed by atoms with Crippen molar-refractivity contribution in [2.45, 2.75) is 12.0 Å². The highest BCUT2D eigenvalue weighted by atomic mass is 16.3. The third kappa shape index (κ3) is 3.29. The normalized spacial score (nSPS) is 21.8. The second kappa shape index (κ2) is 5.81. The first-order chi connectivity index (χ1) is 9.41. The van der Waals surface area contributed by atoms with Crippen molar-refractivity contribution in [3.63, 3.8) is 0 Å². The van der Waals surface area contributed by atoms with Crippen LogP contribution in [0, 0.1) is 0 Å². The fraction of sp³-hybridized carbons (Fsp3) is 0.533. The van der Waals surface area contributed by atoms with Gasteiger partial charge in [0.2, 0.25) is 0 Å². The van der Waals surface area contributed by atoms with Crippen LogP contribution in [0.25, 0.3) is 0 Å². The lowest BCUT2D eigenvalue weighted by Gasteiger charge is -2.28. The topological polar surface area (TPSA) is 55.8 Å². The van der Waals surface area contributed by atoms with E-state index in [4.69, 9.17) is 0 Å². The maximum absolute atomic E-state index is 12.3. The monoisotopic (exact) mass is 277 g/mol. The van der Waals surface area contributed by atoms with Gasteiger partial charge in [-0.15, -0.1) is 0 Å². The van der Waals surface area contributed by atoms with Crippen LogP contribution in [0.5, 0.6) is 0 Å². The Morgan fingerprint density at radius 1 is 1.30 bits per heavy atom. The van der Waals surface area contributed by atoms with Crippen molar-refractivity contribution in [3.05, 3.63) is 29.8 Å². The molecule has 1 unspecified atom stereocenters. The van der Waals surface area contributed by atoms with Gasteiger partial charge in [0.1, 0.15) is 0 Å². The minimum absolute atomic E-state index is 0.0596. The molecule has 0 saturated carbocycles. The lowest BCUT2D eigenvalue weighted by molar-refractivity contribution is 0.0252. The van der Waals surface area contributed by atoms with Gasteiger partial charge in [0.15, 0.2) is 0 Å². The first-order valence-electron chi connectivity index (χ1n) is 6.87. The lowest BCUT2D eigenvalue weighted by Crippen LogP contribution is -2.45. The first kappa shape index (κ1) is 14.8. The Balaban J connectivity index is 2.02. The maximum Gasteiger partial charge on any atom is 0.253 e. The third-order valence-corrected chi connectivity index (χ3v) is 3.73. The summed E-state index contributed by atoms with van der Waals surface area (Å²) in [7, 11) is 5.66. The lowest BCUT2D eigenvalue weighted by atomic mass is 10.0. The largest absolute Gasteiger partial charge is 0.387 e. The summed E-state index contributed by atoms with van der Waals surface area (Å²) in [5, 5.41) is 13.4. The number of carbonyl (C=O) groups is 1. The van der Waals surface area contributed by atoms with Crippen molar-refractivity contribution in [3.8, 4) is 0 Å². The summed E-state index contributed by atoms with van der Waals surface area (Å²) in [6.07, 6.45) is 0.685. The number of anilines is 1. The van der Waals surface area contributed by atoms with Gasteiger partial charge in [0.05, 0.1) is 12.1 Å². The Bertz CT molecular complexity index is 465. The zero-order valence-electron chi connectivity index (χ0n) is 12.4. The van der Waals surface area contributed by atoms with Crippen LogP contribution < -0.4 is 10.2 Å². The Labute approximate surface area is 120 Å². The summed E-state index contributed by atoms with van der Waals surface area (Å²) in [5.41, 5.74) is 0.907. The molecule has 2 rings (SSSR count). The molecule has 1 saturated heterocycles. The molecule has 1 aliphatic heterocycles. The molecule has 1 amide bonds. The van der Waals surface area contributed by atoms with Crippen LogP contribution in [0.15, 0.2) is 24.3 Å². The molecule has 0 spiro atoms. The zero-order valence-corrected chi connectivity index (χ0v) is 12.4. The highest BCUT2D eigenvalue weighted by molar-refractivity contribution is 5.94. The van der Waals surface area contributed by atoms with Crippen molar-refractivity contribution in [2.75, 3.05) is 45.7 Å². The second-order valence-corrected chi connectivity index (χ2v) is 5.75. The van der Waals surface area contributed by atoms with E-state index >= 15 is 0 Å². The minimum Gasteiger partial charge on any atom is -0.387 e. The molecule has 1 aliphatic rings. The van der Waals surface area contributed by atoms with Gasteiger partial charge in [-0.25, -0.2) is 0 Å². The summed E-state index contributed by atoms with van der Waals surface area (Å²) < 4.78 is 0. The number of amides is 1. The van der Waals surface area contributed by atoms with Gasteiger partial charge < -0.3 is 20.2 Å². The Morgan fingerprint density at radius 3 is 2.45 bits per heavy atom. The predicted octanol–water partition coefficient (Wildman–Crippen LogP) is 0.549. The van der Waals surface area contributed by atoms with E-state index in [0.29, 0.717) is 25.1 Å². The molecule has 0 radical (unpaired) electrons. The molecule has 5 nitrogen and oxygen atoms in total. The average Bonchev–Trinajstić information content (AvgIpc) is 2.84. The predicted molar refractivity (Wildman–Crippen MR) is 80.2 cm³/mol. The molecule has 5 heteroatoms. The molecule has 1 aromatic rings. The number of nitrogens with zero attached hydrogens (tertiary/aromatic N) is 2. The summed E-state index contributed by atoms with van der Waals surface area (Å²) in [6, 6.07) is 7.50. The fourth-order valence-corrected chi connectivity index (χ4v) is 2.50. The van der Waals surface area contributed by atoms with E-state index in [0.717, 1.165) is 12.2 Å². The van der Waals surface area contributed by atoms with Crippen LogP contribution in [0.3, 0.4) is 0 Å². The van der Waals surface area contributed by atoms with Crippen molar-refractivity contribution in [1.29, 1.82) is 0 Å². The Morgan fingerprint density at radius 2 is 1.95 bits per heavy atom. The number of carbonyl (C=O) groups excluding carboxylic acids is 1. The smallest absolute Gasteiger partial charge is 0.253 e. The van der Waals surface area contributed by atoms with E-state index in [9.17, 15) is 9.90 Å². The fourth-order valence-electron chi connectivity index (χ4n) is 2.50. The van der Waals surface area contributed by atoms with Crippen LogP contribution in [-0.2, 0) is 0 Å². The number of nitrogens with one attached hydrogen (secondary N) is 1. The highest BCUT2D eigenvalue weighted by Crippen LogP contribution is 2.18. The Hall–Kier alpha value is -1.59. The standard InChI is InChI=1S/C15H23N3O2/c1-17(2)13-6-4-12(5-7-13)14(19)18(3)11-15(20)8-9-16-10-15/h4-7,16,20H,8-11H2,1-3H3. The van der Waals surface area contributed by atoms with Gasteiger partial charge in [-0.3, -0.25) is 4.79 Å². The maximum atomic E-state index is 12.3. The summed E-state index contributed by atoms with van der Waals surface area (Å²) in [6.45, 7) is 1.70. The van der Waals surface area contributed by atoms with E-state index < -0.39 is 5.60 Å². The Kier molecular flexibility index (Phi) is 4.30. The van der Waals surface area contributed by atoms with Crippen LogP contribution >= 0.6 is 0 Å². The van der Waals surface area contributed by atoms with Crippen LogP contribution in [0.1, 0.15) is 16.8 Å². The van der Waals surface area contributed by atoms with Crippen molar-refractivity contribution < 1.29 is 9.90 Å². The second-order valence-electron chi connectivity index (χ2n) is 5.75. The van der Waals surface area contributed by atoms with E-state index in [-0.39, 0.29) is 5.91 Å². The molecule has 1 atom stereocenters. The summed E-state index contributed by atoms with van der Waals surface area (Å²) in [4.78, 5) is 15.9. The molecule has 1 heterocycles. The number of likely N-dealkylation sites (N-methyl/N-ethyl adjacent to an activating group) is 1. The molecule has 20 heavy (non-hydrogen) atoms. The van der Waals surface area contributed by atoms with Crippen LogP contribution in [0.4, 0.5) is 5.69 Å². The van der Waals surface area contributed by atoms with Gasteiger partial charge in [-0.2, -0.15) is 0 Å². The molecule has 0 bridgehead atoms. The van der Waals surface area contributed by atoms with E-state index in [1.54, 1.807) is 11.9 Å². The molecule has 1 fully saturated rings. The number of rotatable bonds is 4. The number of benzene rings is 1. The van der Waals surface area contributed by atoms with Gasteiger partial charge in [0, 0.05) is 38.9 Å². The number of hydrogen-bond donors (Lipinski definition) is 2. The average molecular weight is 277 g/mol. The SMILES string of the molecule is CN(CC1(O)CCNC1)C(=O)c1ccc(N(C)C)cc1. The van der Waals surface area contributed by atoms with Crippen molar-refractivity contribution in [1.82, 2.24) is 10.2 Å². The number of aliphatic hydroxyl groups is 1. The highest BCUT2D eigenvalue weighted by Gasteiger charge is 2.33. The number of β-amino-alcohol motifs (C(OH)–C–C–N with tert-alkyl or cyclic N) is 1. The minimum atomic E-state index is -0.798. The first-order valence-corrected chi connectivity index (χ1v) is 6.87. The molecular formula is C15H23N3O2.